The zero-order valence-electron chi connectivity index (χ0n) is 19.1. The Hall–Kier alpha value is -1.27. The summed E-state index contributed by atoms with van der Waals surface area (Å²) in [7, 11) is 0.329. The highest BCUT2D eigenvalue weighted by molar-refractivity contribution is 7.91. The largest absolute Gasteiger partial charge is 0.308 e. The van der Waals surface area contributed by atoms with Crippen molar-refractivity contribution in [3.8, 4) is 0 Å². The summed E-state index contributed by atoms with van der Waals surface area (Å²) in [6.07, 6.45) is 0.927. The van der Waals surface area contributed by atoms with Gasteiger partial charge in [0.25, 0.3) is 10.0 Å². The molecule has 0 N–H and O–H groups in total. The first-order valence-corrected chi connectivity index (χ1v) is 14.7. The van der Waals surface area contributed by atoms with E-state index in [-0.39, 0.29) is 16.0 Å². The summed E-state index contributed by atoms with van der Waals surface area (Å²) in [6, 6.07) is 6.90. The lowest BCUT2D eigenvalue weighted by atomic mass is 9.96. The maximum atomic E-state index is 13.6. The van der Waals surface area contributed by atoms with E-state index in [1.165, 1.54) is 21.7 Å². The van der Waals surface area contributed by atoms with Crippen molar-refractivity contribution in [2.45, 2.75) is 24.0 Å². The van der Waals surface area contributed by atoms with Crippen molar-refractivity contribution in [2.75, 3.05) is 45.2 Å². The lowest BCUT2D eigenvalue weighted by Gasteiger charge is -2.33. The van der Waals surface area contributed by atoms with Crippen molar-refractivity contribution in [2.24, 2.45) is 5.92 Å². The first kappa shape index (κ1) is 25.8. The number of nitrogens with zero attached hydrogens (tertiary/aromatic N) is 4. The number of carbonyl (C=O) groups is 1. The molecule has 1 aliphatic heterocycles. The Bertz CT molecular complexity index is 1300. The fraction of sp³-hybridized carbons (Fsp3) is 0.455. The molecule has 34 heavy (non-hydrogen) atoms. The number of thiazole rings is 1. The molecule has 4 rings (SSSR count). The highest BCUT2D eigenvalue weighted by Crippen LogP contribution is 2.35. The van der Waals surface area contributed by atoms with Crippen LogP contribution in [-0.2, 0) is 14.8 Å². The third-order valence-corrected chi connectivity index (χ3v) is 11.0. The quantitative estimate of drug-likeness (QED) is 0.408. The van der Waals surface area contributed by atoms with Crippen molar-refractivity contribution in [1.29, 1.82) is 0 Å². The molecular weight excluding hydrogens is 535 g/mol. The van der Waals surface area contributed by atoms with Gasteiger partial charge in [0.05, 0.1) is 14.6 Å². The van der Waals surface area contributed by atoms with Gasteiger partial charge in [-0.3, -0.25) is 9.69 Å². The first-order valence-electron chi connectivity index (χ1n) is 10.8. The van der Waals surface area contributed by atoms with E-state index in [0.717, 1.165) is 27.1 Å². The zero-order chi connectivity index (χ0) is 24.6. The van der Waals surface area contributed by atoms with E-state index < -0.39 is 10.0 Å². The topological polar surface area (TPSA) is 73.8 Å². The monoisotopic (exact) mass is 560 g/mol. The van der Waals surface area contributed by atoms with Crippen molar-refractivity contribution < 1.29 is 13.2 Å². The Morgan fingerprint density at radius 2 is 1.82 bits per heavy atom. The Balaban J connectivity index is 1.53. The summed E-state index contributed by atoms with van der Waals surface area (Å²) in [5.41, 5.74) is 1.71. The van der Waals surface area contributed by atoms with Crippen LogP contribution < -0.4 is 4.90 Å². The molecule has 3 aromatic rings. The number of halogens is 2. The van der Waals surface area contributed by atoms with Crippen LogP contribution in [0.15, 0.2) is 28.5 Å². The van der Waals surface area contributed by atoms with E-state index in [9.17, 15) is 13.2 Å². The molecule has 3 heterocycles. The van der Waals surface area contributed by atoms with E-state index in [4.69, 9.17) is 28.2 Å². The molecule has 0 radical (unpaired) electrons. The molecule has 1 fully saturated rings. The molecule has 12 heteroatoms. The minimum absolute atomic E-state index is 0.0131. The summed E-state index contributed by atoms with van der Waals surface area (Å²) in [5.74, 6) is -0.280. The number of thiophene rings is 1. The number of hydrogen-bond donors (Lipinski definition) is 0. The number of amides is 1. The number of carbonyl (C=O) groups excluding carboxylic acids is 1. The van der Waals surface area contributed by atoms with Gasteiger partial charge >= 0.3 is 0 Å². The maximum absolute atomic E-state index is 13.6. The van der Waals surface area contributed by atoms with Crippen LogP contribution in [0.5, 0.6) is 0 Å². The Kier molecular flexibility index (Phi) is 7.88. The summed E-state index contributed by atoms with van der Waals surface area (Å²) in [5, 5.41) is 1.30. The van der Waals surface area contributed by atoms with E-state index in [2.05, 4.69) is 0 Å². The molecule has 7 nitrogen and oxygen atoms in total. The molecule has 0 bridgehead atoms. The van der Waals surface area contributed by atoms with Gasteiger partial charge in [-0.25, -0.2) is 13.4 Å². The summed E-state index contributed by atoms with van der Waals surface area (Å²) >= 11 is 14.7. The number of benzene rings is 1. The highest BCUT2D eigenvalue weighted by atomic mass is 35.5. The maximum Gasteiger partial charge on any atom is 0.252 e. The molecular formula is C22H26Cl2N4O3S3. The molecule has 0 saturated carbocycles. The standard InChI is InChI=1S/C22H26Cl2N4O3S3/c1-14-16(23)4-5-17-20(14)25-22(32-17)28(13-12-26(2)3)21(29)15-8-10-27(11-9-15)34(30,31)19-7-6-18(24)33-19/h4-7,15H,8-13H2,1-3H3. The SMILES string of the molecule is Cc1c(Cl)ccc2sc(N(CCN(C)C)C(=O)C3CCN(S(=O)(=O)c4ccc(Cl)s4)CC3)nc12. The van der Waals surface area contributed by atoms with Gasteiger partial charge in [-0.2, -0.15) is 4.31 Å². The lowest BCUT2D eigenvalue weighted by molar-refractivity contribution is -0.123. The van der Waals surface area contributed by atoms with Crippen LogP contribution in [0.1, 0.15) is 18.4 Å². The molecule has 1 aliphatic rings. The van der Waals surface area contributed by atoms with E-state index in [0.29, 0.717) is 53.5 Å². The summed E-state index contributed by atoms with van der Waals surface area (Å²) < 4.78 is 29.0. The van der Waals surface area contributed by atoms with Crippen LogP contribution in [0.4, 0.5) is 5.13 Å². The van der Waals surface area contributed by atoms with E-state index >= 15 is 0 Å². The number of aryl methyl sites for hydroxylation is 1. The number of anilines is 1. The molecule has 2 aromatic heterocycles. The number of sulfonamides is 1. The van der Waals surface area contributed by atoms with E-state index in [1.54, 1.807) is 11.0 Å². The predicted molar refractivity (Wildman–Crippen MR) is 141 cm³/mol. The number of piperidine rings is 1. The second-order valence-corrected chi connectivity index (χ2v) is 13.8. The van der Waals surface area contributed by atoms with Crippen LogP contribution in [0.3, 0.4) is 0 Å². The Morgan fingerprint density at radius 1 is 1.12 bits per heavy atom. The van der Waals surface area contributed by atoms with Gasteiger partial charge in [0.2, 0.25) is 5.91 Å². The Morgan fingerprint density at radius 3 is 2.44 bits per heavy atom. The first-order chi connectivity index (χ1) is 16.1. The number of hydrogen-bond acceptors (Lipinski definition) is 7. The molecule has 1 amide bonds. The predicted octanol–water partition coefficient (Wildman–Crippen LogP) is 4.97. The number of likely N-dealkylation sites (N-methyl/N-ethyl adjacent to an activating group) is 1. The fourth-order valence-corrected chi connectivity index (χ4v) is 8.25. The van der Waals surface area contributed by atoms with Crippen LogP contribution in [0.25, 0.3) is 10.2 Å². The minimum Gasteiger partial charge on any atom is -0.308 e. The fourth-order valence-electron chi connectivity index (χ4n) is 3.93. The Labute approximate surface area is 217 Å². The second kappa shape index (κ2) is 10.4. The highest BCUT2D eigenvalue weighted by Gasteiger charge is 2.35. The average molecular weight is 562 g/mol. The van der Waals surface area contributed by atoms with Crippen molar-refractivity contribution in [3.63, 3.8) is 0 Å². The van der Waals surface area contributed by atoms with Gasteiger partial charge in [-0.1, -0.05) is 34.5 Å². The molecule has 184 valence electrons. The lowest BCUT2D eigenvalue weighted by Crippen LogP contribution is -2.45. The third kappa shape index (κ3) is 5.28. The number of aromatic nitrogens is 1. The van der Waals surface area contributed by atoms with E-state index in [1.807, 2.05) is 38.1 Å². The molecule has 1 saturated heterocycles. The summed E-state index contributed by atoms with van der Waals surface area (Å²) in [4.78, 5) is 22.2. The van der Waals surface area contributed by atoms with Crippen LogP contribution in [-0.4, -0.2) is 68.8 Å². The second-order valence-electron chi connectivity index (χ2n) is 8.55. The third-order valence-electron chi connectivity index (χ3n) is 5.95. The molecule has 0 spiro atoms. The van der Waals surface area contributed by atoms with Gasteiger partial charge in [0.15, 0.2) is 5.13 Å². The van der Waals surface area contributed by atoms with Crippen LogP contribution in [0.2, 0.25) is 9.36 Å². The van der Waals surface area contributed by atoms with Crippen LogP contribution >= 0.6 is 45.9 Å². The molecule has 1 aromatic carbocycles. The minimum atomic E-state index is -3.60. The van der Waals surface area contributed by atoms with Gasteiger partial charge in [0.1, 0.15) is 4.21 Å². The van der Waals surface area contributed by atoms with Gasteiger partial charge < -0.3 is 4.90 Å². The molecule has 0 atom stereocenters. The van der Waals surface area contributed by atoms with Crippen molar-refractivity contribution in [1.82, 2.24) is 14.2 Å². The normalized spacial score (nSPS) is 15.9. The average Bonchev–Trinajstić information content (AvgIpc) is 3.43. The van der Waals surface area contributed by atoms with Gasteiger partial charge in [-0.15, -0.1) is 11.3 Å². The molecule has 0 unspecified atom stereocenters. The van der Waals surface area contributed by atoms with Crippen LogP contribution in [0, 0.1) is 12.8 Å². The zero-order valence-corrected chi connectivity index (χ0v) is 23.1. The molecule has 0 aliphatic carbocycles. The van der Waals surface area contributed by atoms with Crippen molar-refractivity contribution >= 4 is 77.2 Å². The number of rotatable bonds is 7. The van der Waals surface area contributed by atoms with Gasteiger partial charge in [-0.05, 0) is 63.7 Å². The summed E-state index contributed by atoms with van der Waals surface area (Å²) in [6.45, 7) is 3.71. The van der Waals surface area contributed by atoms with Gasteiger partial charge in [0, 0.05) is 37.1 Å². The number of fused-ring (bicyclic) bond motifs is 1. The van der Waals surface area contributed by atoms with Crippen molar-refractivity contribution in [3.05, 3.63) is 39.2 Å². The smallest absolute Gasteiger partial charge is 0.252 e.